The van der Waals surface area contributed by atoms with E-state index in [2.05, 4.69) is 15.6 Å². The number of urea groups is 1. The van der Waals surface area contributed by atoms with Crippen molar-refractivity contribution in [2.75, 3.05) is 12.3 Å². The van der Waals surface area contributed by atoms with Crippen LogP contribution in [0.5, 0.6) is 0 Å². The van der Waals surface area contributed by atoms with Gasteiger partial charge in [-0.15, -0.1) is 0 Å². The molecule has 0 aliphatic heterocycles. The minimum atomic E-state index is -0.543. The fraction of sp³-hybridized carbons (Fsp3) is 0.412. The summed E-state index contributed by atoms with van der Waals surface area (Å²) in [7, 11) is 0. The second kappa shape index (κ2) is 9.05. The van der Waals surface area contributed by atoms with Crippen molar-refractivity contribution in [2.24, 2.45) is 5.92 Å². The summed E-state index contributed by atoms with van der Waals surface area (Å²) in [4.78, 5) is 40.6. The molecule has 2 aromatic rings. The summed E-state index contributed by atoms with van der Waals surface area (Å²) in [6.07, 6.45) is 0. The molecule has 0 bridgehead atoms. The molecule has 1 aromatic heterocycles. The first-order valence-corrected chi connectivity index (χ1v) is 9.58. The van der Waals surface area contributed by atoms with E-state index in [0.29, 0.717) is 34.2 Å². The highest BCUT2D eigenvalue weighted by molar-refractivity contribution is 7.99. The van der Waals surface area contributed by atoms with E-state index >= 15 is 0 Å². The number of hydrogen-bond donors (Lipinski definition) is 2. The Hall–Kier alpha value is -2.06. The van der Waals surface area contributed by atoms with E-state index in [1.54, 1.807) is 29.7 Å². The van der Waals surface area contributed by atoms with Crippen molar-refractivity contribution in [3.05, 3.63) is 33.6 Å². The van der Waals surface area contributed by atoms with Gasteiger partial charge >= 0.3 is 6.03 Å². The second-order valence-corrected chi connectivity index (χ2v) is 7.44. The number of aromatic nitrogens is 2. The van der Waals surface area contributed by atoms with E-state index in [-0.39, 0.29) is 17.2 Å². The molecule has 0 radical (unpaired) electrons. The monoisotopic (exact) mass is 396 g/mol. The van der Waals surface area contributed by atoms with Crippen molar-refractivity contribution in [3.63, 3.8) is 0 Å². The molecule has 2 N–H and O–H groups in total. The van der Waals surface area contributed by atoms with E-state index in [1.165, 1.54) is 0 Å². The molecular formula is C17H21ClN4O3S. The van der Waals surface area contributed by atoms with Gasteiger partial charge < -0.3 is 5.32 Å². The number of fused-ring (bicyclic) bond motifs is 1. The van der Waals surface area contributed by atoms with Crippen LogP contribution in [0.15, 0.2) is 28.2 Å². The Morgan fingerprint density at radius 1 is 1.35 bits per heavy atom. The van der Waals surface area contributed by atoms with Crippen LogP contribution >= 0.6 is 23.4 Å². The van der Waals surface area contributed by atoms with Gasteiger partial charge in [0.05, 0.1) is 16.7 Å². The van der Waals surface area contributed by atoms with Gasteiger partial charge in [0.2, 0.25) is 5.91 Å². The van der Waals surface area contributed by atoms with E-state index in [1.807, 2.05) is 13.8 Å². The van der Waals surface area contributed by atoms with E-state index in [0.717, 1.165) is 11.8 Å². The number of carbonyl (C=O) groups excluding carboxylic acids is 2. The minimum absolute atomic E-state index is 0.0270. The molecule has 0 aliphatic carbocycles. The molecule has 140 valence electrons. The topological polar surface area (TPSA) is 93.1 Å². The van der Waals surface area contributed by atoms with Crippen LogP contribution in [0.4, 0.5) is 4.79 Å². The smallest absolute Gasteiger partial charge is 0.321 e. The molecular weight excluding hydrogens is 376 g/mol. The van der Waals surface area contributed by atoms with Crippen LogP contribution in [0.25, 0.3) is 10.9 Å². The summed E-state index contributed by atoms with van der Waals surface area (Å²) >= 11 is 7.11. The van der Waals surface area contributed by atoms with Crippen molar-refractivity contribution in [1.82, 2.24) is 20.2 Å². The number of nitrogens with zero attached hydrogens (tertiary/aromatic N) is 2. The van der Waals surface area contributed by atoms with E-state index < -0.39 is 11.9 Å². The van der Waals surface area contributed by atoms with Crippen molar-refractivity contribution < 1.29 is 9.59 Å². The average Bonchev–Trinajstić information content (AvgIpc) is 2.56. The van der Waals surface area contributed by atoms with Gasteiger partial charge in [-0.3, -0.25) is 19.5 Å². The average molecular weight is 397 g/mol. The number of hydrogen-bond acceptors (Lipinski definition) is 5. The number of halogens is 1. The Labute approximate surface area is 160 Å². The minimum Gasteiger partial charge on any atom is -0.338 e. The molecule has 0 fully saturated rings. The third-order valence-electron chi connectivity index (χ3n) is 3.35. The molecule has 2 rings (SSSR count). The van der Waals surface area contributed by atoms with Crippen molar-refractivity contribution >= 4 is 46.2 Å². The molecule has 0 aliphatic rings. The molecule has 7 nitrogen and oxygen atoms in total. The lowest BCUT2D eigenvalue weighted by atomic mass is 10.2. The predicted molar refractivity (Wildman–Crippen MR) is 104 cm³/mol. The predicted octanol–water partition coefficient (Wildman–Crippen LogP) is 2.64. The highest BCUT2D eigenvalue weighted by Crippen LogP contribution is 2.21. The molecule has 26 heavy (non-hydrogen) atoms. The molecule has 0 saturated carbocycles. The maximum Gasteiger partial charge on any atom is 0.321 e. The zero-order valence-electron chi connectivity index (χ0n) is 14.8. The lowest BCUT2D eigenvalue weighted by Gasteiger charge is -2.15. The first-order chi connectivity index (χ1) is 12.3. The molecule has 1 heterocycles. The zero-order chi connectivity index (χ0) is 19.3. The van der Waals surface area contributed by atoms with Crippen LogP contribution in [0.2, 0.25) is 5.02 Å². The standard InChI is InChI=1S/C17H21ClN4O3S/c1-4-19-16(25)21-14(23)9-26-17-20-13-6-5-11(18)7-12(13)15(24)22(17)8-10(2)3/h5-7,10H,4,8-9H2,1-3H3,(H2,19,21,23,25). The summed E-state index contributed by atoms with van der Waals surface area (Å²) in [6, 6.07) is 4.40. The van der Waals surface area contributed by atoms with Crippen LogP contribution in [-0.2, 0) is 11.3 Å². The molecule has 0 atom stereocenters. The molecule has 0 spiro atoms. The highest BCUT2D eigenvalue weighted by atomic mass is 35.5. The first-order valence-electron chi connectivity index (χ1n) is 8.22. The van der Waals surface area contributed by atoms with Crippen LogP contribution in [0.1, 0.15) is 20.8 Å². The quantitative estimate of drug-likeness (QED) is 0.578. The van der Waals surface area contributed by atoms with Gasteiger partial charge in [-0.1, -0.05) is 37.2 Å². The third-order valence-corrected chi connectivity index (χ3v) is 4.56. The first kappa shape index (κ1) is 20.3. The van der Waals surface area contributed by atoms with Crippen molar-refractivity contribution in [2.45, 2.75) is 32.5 Å². The number of thioether (sulfide) groups is 1. The number of benzene rings is 1. The van der Waals surface area contributed by atoms with Gasteiger partial charge in [-0.25, -0.2) is 9.78 Å². The zero-order valence-corrected chi connectivity index (χ0v) is 16.4. The maximum atomic E-state index is 12.8. The van der Waals surface area contributed by atoms with Gasteiger partial charge in [-0.05, 0) is 31.0 Å². The summed E-state index contributed by atoms with van der Waals surface area (Å²) in [5.74, 6) is -0.266. The molecule has 0 unspecified atom stereocenters. The summed E-state index contributed by atoms with van der Waals surface area (Å²) in [5, 5.41) is 6.06. The van der Waals surface area contributed by atoms with Crippen molar-refractivity contribution in [3.8, 4) is 0 Å². The number of rotatable bonds is 6. The molecule has 9 heteroatoms. The Kier molecular flexibility index (Phi) is 7.05. The van der Waals surface area contributed by atoms with E-state index in [4.69, 9.17) is 11.6 Å². The van der Waals surface area contributed by atoms with Crippen LogP contribution < -0.4 is 16.2 Å². The Morgan fingerprint density at radius 3 is 2.73 bits per heavy atom. The number of amides is 3. The fourth-order valence-corrected chi connectivity index (χ4v) is 3.29. The number of imide groups is 1. The highest BCUT2D eigenvalue weighted by Gasteiger charge is 2.15. The van der Waals surface area contributed by atoms with Crippen LogP contribution in [-0.4, -0.2) is 33.8 Å². The Morgan fingerprint density at radius 2 is 2.08 bits per heavy atom. The van der Waals surface area contributed by atoms with E-state index in [9.17, 15) is 14.4 Å². The lowest BCUT2D eigenvalue weighted by molar-refractivity contribution is -0.117. The van der Waals surface area contributed by atoms with Gasteiger partial charge in [0, 0.05) is 18.1 Å². The summed E-state index contributed by atoms with van der Waals surface area (Å²) < 4.78 is 1.55. The Balaban J connectivity index is 2.30. The lowest BCUT2D eigenvalue weighted by Crippen LogP contribution is -2.40. The summed E-state index contributed by atoms with van der Waals surface area (Å²) in [6.45, 7) is 6.63. The van der Waals surface area contributed by atoms with Crippen LogP contribution in [0.3, 0.4) is 0 Å². The third kappa shape index (κ3) is 5.22. The normalized spacial score (nSPS) is 11.0. The number of carbonyl (C=O) groups is 2. The van der Waals surface area contributed by atoms with Crippen molar-refractivity contribution in [1.29, 1.82) is 0 Å². The molecule has 3 amide bonds. The largest absolute Gasteiger partial charge is 0.338 e. The number of nitrogens with one attached hydrogen (secondary N) is 2. The second-order valence-electron chi connectivity index (χ2n) is 6.06. The van der Waals surface area contributed by atoms with Gasteiger partial charge in [0.15, 0.2) is 5.16 Å². The SMILES string of the molecule is CCNC(=O)NC(=O)CSc1nc2ccc(Cl)cc2c(=O)n1CC(C)C. The maximum absolute atomic E-state index is 12.8. The van der Waals surface area contributed by atoms with Gasteiger partial charge in [0.25, 0.3) is 5.56 Å². The summed E-state index contributed by atoms with van der Waals surface area (Å²) in [5.41, 5.74) is 0.323. The Bertz CT molecular complexity index is 882. The van der Waals surface area contributed by atoms with Crippen LogP contribution in [0, 0.1) is 5.92 Å². The molecule has 0 saturated heterocycles. The molecule has 1 aromatic carbocycles. The van der Waals surface area contributed by atoms with Gasteiger partial charge in [0.1, 0.15) is 0 Å². The van der Waals surface area contributed by atoms with Gasteiger partial charge in [-0.2, -0.15) is 0 Å². The fourth-order valence-electron chi connectivity index (χ4n) is 2.31.